The lowest BCUT2D eigenvalue weighted by atomic mass is 10.2. The van der Waals surface area contributed by atoms with Gasteiger partial charge in [-0.25, -0.2) is 0 Å². The minimum atomic E-state index is 0.695. The van der Waals surface area contributed by atoms with Crippen LogP contribution >= 0.6 is 23.1 Å². The average molecular weight is 290 g/mol. The van der Waals surface area contributed by atoms with E-state index in [0.29, 0.717) is 5.56 Å². The van der Waals surface area contributed by atoms with Crippen LogP contribution in [0.1, 0.15) is 24.5 Å². The summed E-state index contributed by atoms with van der Waals surface area (Å²) in [6, 6.07) is 9.79. The van der Waals surface area contributed by atoms with Crippen molar-refractivity contribution in [3.8, 4) is 6.07 Å². The number of nitriles is 1. The van der Waals surface area contributed by atoms with E-state index in [4.69, 9.17) is 5.26 Å². The second-order valence-electron chi connectivity index (χ2n) is 3.90. The Morgan fingerprint density at radius 2 is 2.32 bits per heavy atom. The van der Waals surface area contributed by atoms with Gasteiger partial charge in [0, 0.05) is 12.3 Å². The molecule has 6 heteroatoms. The number of hydrogen-bond acceptors (Lipinski definition) is 6. The number of nitrogens with zero attached hydrogens (tertiary/aromatic N) is 3. The van der Waals surface area contributed by atoms with E-state index in [1.807, 2.05) is 24.3 Å². The molecular weight excluding hydrogens is 276 g/mol. The van der Waals surface area contributed by atoms with Gasteiger partial charge in [-0.3, -0.25) is 0 Å². The first-order chi connectivity index (χ1) is 9.31. The van der Waals surface area contributed by atoms with E-state index in [9.17, 15) is 0 Å². The minimum absolute atomic E-state index is 0.695. The number of benzene rings is 1. The zero-order chi connectivity index (χ0) is 13.5. The molecule has 0 bridgehead atoms. The molecule has 0 aliphatic heterocycles. The molecule has 1 aromatic carbocycles. The first-order valence-corrected chi connectivity index (χ1v) is 7.81. The van der Waals surface area contributed by atoms with E-state index in [2.05, 4.69) is 28.5 Å². The summed E-state index contributed by atoms with van der Waals surface area (Å²) in [5.74, 6) is 0.804. The topological polar surface area (TPSA) is 61.6 Å². The average Bonchev–Trinajstić information content (AvgIpc) is 2.91. The van der Waals surface area contributed by atoms with Gasteiger partial charge in [-0.2, -0.15) is 5.26 Å². The summed E-state index contributed by atoms with van der Waals surface area (Å²) in [6.45, 7) is 3.04. The Morgan fingerprint density at radius 3 is 3.11 bits per heavy atom. The fraction of sp³-hybridized carbons (Fsp3) is 0.308. The second kappa shape index (κ2) is 7.12. The molecule has 98 valence electrons. The first-order valence-electron chi connectivity index (χ1n) is 6.01. The zero-order valence-electron chi connectivity index (χ0n) is 10.6. The van der Waals surface area contributed by atoms with Gasteiger partial charge in [-0.1, -0.05) is 42.2 Å². The normalized spacial score (nSPS) is 10.1. The molecule has 0 amide bonds. The van der Waals surface area contributed by atoms with Gasteiger partial charge in [0.2, 0.25) is 5.13 Å². The third kappa shape index (κ3) is 4.23. The number of aromatic nitrogens is 2. The molecular formula is C13H14N4S2. The maximum atomic E-state index is 8.85. The van der Waals surface area contributed by atoms with Crippen molar-refractivity contribution in [2.24, 2.45) is 0 Å². The van der Waals surface area contributed by atoms with E-state index in [0.717, 1.165) is 33.8 Å². The van der Waals surface area contributed by atoms with Crippen LogP contribution in [0.4, 0.5) is 5.13 Å². The summed E-state index contributed by atoms with van der Waals surface area (Å²) < 4.78 is 0.945. The lowest BCUT2D eigenvalue weighted by molar-refractivity contribution is 0.951. The molecule has 19 heavy (non-hydrogen) atoms. The van der Waals surface area contributed by atoms with Gasteiger partial charge >= 0.3 is 0 Å². The van der Waals surface area contributed by atoms with Crippen LogP contribution in [0.3, 0.4) is 0 Å². The highest BCUT2D eigenvalue weighted by atomic mass is 32.2. The van der Waals surface area contributed by atoms with Gasteiger partial charge in [0.1, 0.15) is 0 Å². The van der Waals surface area contributed by atoms with Crippen LogP contribution < -0.4 is 5.32 Å². The Kier molecular flexibility index (Phi) is 5.19. The molecule has 1 heterocycles. The third-order valence-electron chi connectivity index (χ3n) is 2.35. The van der Waals surface area contributed by atoms with Crippen molar-refractivity contribution in [3.63, 3.8) is 0 Å². The molecule has 0 spiro atoms. The van der Waals surface area contributed by atoms with E-state index in [1.54, 1.807) is 23.1 Å². The van der Waals surface area contributed by atoms with E-state index in [1.165, 1.54) is 0 Å². The highest BCUT2D eigenvalue weighted by molar-refractivity contribution is 8.00. The maximum absolute atomic E-state index is 8.85. The molecule has 2 rings (SSSR count). The molecule has 0 radical (unpaired) electrons. The fourth-order valence-electron chi connectivity index (χ4n) is 1.45. The Labute approximate surface area is 120 Å². The number of anilines is 1. The lowest BCUT2D eigenvalue weighted by Gasteiger charge is -1.98. The van der Waals surface area contributed by atoms with Crippen molar-refractivity contribution < 1.29 is 0 Å². The molecule has 0 unspecified atom stereocenters. The lowest BCUT2D eigenvalue weighted by Crippen LogP contribution is -1.98. The van der Waals surface area contributed by atoms with Gasteiger partial charge in [-0.05, 0) is 24.1 Å². The highest BCUT2D eigenvalue weighted by Crippen LogP contribution is 2.28. The smallest absolute Gasteiger partial charge is 0.206 e. The van der Waals surface area contributed by atoms with Crippen molar-refractivity contribution in [3.05, 3.63) is 35.4 Å². The molecule has 1 N–H and O–H groups in total. The molecule has 0 aliphatic carbocycles. The summed E-state index contributed by atoms with van der Waals surface area (Å²) in [4.78, 5) is 0. The van der Waals surface area contributed by atoms with Gasteiger partial charge in [0.15, 0.2) is 4.34 Å². The van der Waals surface area contributed by atoms with Crippen LogP contribution in [0.25, 0.3) is 0 Å². The van der Waals surface area contributed by atoms with Crippen LogP contribution in [0, 0.1) is 11.3 Å². The van der Waals surface area contributed by atoms with Gasteiger partial charge < -0.3 is 5.32 Å². The van der Waals surface area contributed by atoms with Crippen LogP contribution in [0.2, 0.25) is 0 Å². The largest absolute Gasteiger partial charge is 0.360 e. The SMILES string of the molecule is CCCNc1nnc(SCc2cccc(C#N)c2)s1. The van der Waals surface area contributed by atoms with Crippen molar-refractivity contribution in [1.29, 1.82) is 5.26 Å². The minimum Gasteiger partial charge on any atom is -0.360 e. The van der Waals surface area contributed by atoms with Crippen LogP contribution in [-0.2, 0) is 5.75 Å². The van der Waals surface area contributed by atoms with Crippen LogP contribution in [0.5, 0.6) is 0 Å². The van der Waals surface area contributed by atoms with E-state index >= 15 is 0 Å². The van der Waals surface area contributed by atoms with Crippen molar-refractivity contribution >= 4 is 28.2 Å². The molecule has 4 nitrogen and oxygen atoms in total. The summed E-state index contributed by atoms with van der Waals surface area (Å²) in [6.07, 6.45) is 1.07. The summed E-state index contributed by atoms with van der Waals surface area (Å²) in [5, 5.41) is 21.2. The molecule has 2 aromatic rings. The molecule has 0 fully saturated rings. The number of rotatable bonds is 6. The quantitative estimate of drug-likeness (QED) is 0.825. The van der Waals surface area contributed by atoms with E-state index in [-0.39, 0.29) is 0 Å². The molecule has 1 aromatic heterocycles. The standard InChI is InChI=1S/C13H14N4S2/c1-2-6-15-12-16-17-13(19-12)18-9-11-5-3-4-10(7-11)8-14/h3-5,7H,2,6,9H2,1H3,(H,15,16). The summed E-state index contributed by atoms with van der Waals surface area (Å²) in [7, 11) is 0. The van der Waals surface area contributed by atoms with Gasteiger partial charge in [0.25, 0.3) is 0 Å². The molecule has 0 aliphatic rings. The Morgan fingerprint density at radius 1 is 1.42 bits per heavy atom. The monoisotopic (exact) mass is 290 g/mol. The molecule has 0 saturated heterocycles. The van der Waals surface area contributed by atoms with Crippen molar-refractivity contribution in [2.45, 2.75) is 23.4 Å². The van der Waals surface area contributed by atoms with Crippen molar-refractivity contribution in [1.82, 2.24) is 10.2 Å². The number of nitrogens with one attached hydrogen (secondary N) is 1. The van der Waals surface area contributed by atoms with Crippen LogP contribution in [0.15, 0.2) is 28.6 Å². The first kappa shape index (κ1) is 13.8. The number of hydrogen-bond donors (Lipinski definition) is 1. The fourth-order valence-corrected chi connectivity index (χ4v) is 3.17. The molecule has 0 saturated carbocycles. The predicted octanol–water partition coefficient (Wildman–Crippen LogP) is 3.52. The third-order valence-corrected chi connectivity index (χ3v) is 4.44. The van der Waals surface area contributed by atoms with E-state index < -0.39 is 0 Å². The Hall–Kier alpha value is -1.58. The number of thioether (sulfide) groups is 1. The maximum Gasteiger partial charge on any atom is 0.206 e. The van der Waals surface area contributed by atoms with Gasteiger partial charge in [0.05, 0.1) is 11.6 Å². The molecule has 0 atom stereocenters. The highest BCUT2D eigenvalue weighted by Gasteiger charge is 2.04. The van der Waals surface area contributed by atoms with Crippen LogP contribution in [-0.4, -0.2) is 16.7 Å². The Bertz CT molecular complexity index is 574. The second-order valence-corrected chi connectivity index (χ2v) is 6.10. The van der Waals surface area contributed by atoms with Gasteiger partial charge in [-0.15, -0.1) is 10.2 Å². The summed E-state index contributed by atoms with van der Waals surface area (Å²) in [5.41, 5.74) is 1.82. The van der Waals surface area contributed by atoms with Crippen molar-refractivity contribution in [2.75, 3.05) is 11.9 Å². The predicted molar refractivity (Wildman–Crippen MR) is 79.4 cm³/mol. The zero-order valence-corrected chi connectivity index (χ0v) is 12.2. The summed E-state index contributed by atoms with van der Waals surface area (Å²) >= 11 is 3.21. The Balaban J connectivity index is 1.91.